The van der Waals surface area contributed by atoms with Crippen molar-refractivity contribution < 1.29 is 13.2 Å². The third-order valence-electron chi connectivity index (χ3n) is 4.00. The summed E-state index contributed by atoms with van der Waals surface area (Å²) < 4.78 is 33.8. The predicted octanol–water partition coefficient (Wildman–Crippen LogP) is 1.84. The Balaban J connectivity index is 1.64. The number of rotatable bonds is 6. The second-order valence-electron chi connectivity index (χ2n) is 6.09. The van der Waals surface area contributed by atoms with E-state index in [0.717, 1.165) is 24.1 Å². The molecule has 0 saturated carbocycles. The van der Waals surface area contributed by atoms with E-state index in [-0.39, 0.29) is 18.2 Å². The number of ether oxygens (including phenoxy) is 1. The van der Waals surface area contributed by atoms with Crippen molar-refractivity contribution >= 4 is 21.4 Å². The Morgan fingerprint density at radius 1 is 1.38 bits per heavy atom. The highest BCUT2D eigenvalue weighted by Gasteiger charge is 2.42. The lowest BCUT2D eigenvalue weighted by atomic mass is 9.96. The van der Waals surface area contributed by atoms with Crippen LogP contribution < -0.4 is 10.0 Å². The maximum absolute atomic E-state index is 12.4. The van der Waals surface area contributed by atoms with Crippen molar-refractivity contribution in [2.75, 3.05) is 0 Å². The molecule has 0 amide bonds. The van der Waals surface area contributed by atoms with Gasteiger partial charge in [-0.15, -0.1) is 11.3 Å². The molecule has 118 valence electrons. The van der Waals surface area contributed by atoms with E-state index in [9.17, 15) is 8.42 Å². The lowest BCUT2D eigenvalue weighted by molar-refractivity contribution is 0.0996. The highest BCUT2D eigenvalue weighted by Crippen LogP contribution is 2.35. The number of hydrogen-bond donors (Lipinski definition) is 2. The molecule has 7 heteroatoms. The van der Waals surface area contributed by atoms with Gasteiger partial charge in [-0.2, -0.15) is 0 Å². The molecule has 3 rings (SSSR count). The molecule has 3 heterocycles. The van der Waals surface area contributed by atoms with E-state index >= 15 is 0 Å². The van der Waals surface area contributed by atoms with Crippen LogP contribution in [-0.2, 0) is 21.3 Å². The van der Waals surface area contributed by atoms with Gasteiger partial charge in [0.05, 0.1) is 18.2 Å². The van der Waals surface area contributed by atoms with Gasteiger partial charge in [0.1, 0.15) is 4.21 Å². The molecular formula is C14H22N2O3S2. The van der Waals surface area contributed by atoms with Gasteiger partial charge in [-0.1, -0.05) is 13.8 Å². The van der Waals surface area contributed by atoms with Crippen LogP contribution >= 0.6 is 11.3 Å². The Bertz CT molecular complexity index is 597. The van der Waals surface area contributed by atoms with Crippen LogP contribution in [0.3, 0.4) is 0 Å². The molecule has 0 spiro atoms. The largest absolute Gasteiger partial charge is 0.373 e. The van der Waals surface area contributed by atoms with Crippen molar-refractivity contribution in [1.29, 1.82) is 0 Å². The Morgan fingerprint density at radius 2 is 2.19 bits per heavy atom. The monoisotopic (exact) mass is 330 g/mol. The van der Waals surface area contributed by atoms with E-state index in [1.54, 1.807) is 6.07 Å². The lowest BCUT2D eigenvalue weighted by Crippen LogP contribution is -2.41. The van der Waals surface area contributed by atoms with Crippen molar-refractivity contribution in [3.63, 3.8) is 0 Å². The molecule has 2 aliphatic heterocycles. The number of thiophene rings is 1. The van der Waals surface area contributed by atoms with Crippen molar-refractivity contribution in [2.24, 2.45) is 0 Å². The zero-order chi connectivity index (χ0) is 15.0. The first-order valence-corrected chi connectivity index (χ1v) is 9.74. The normalized spacial score (nSPS) is 28.6. The summed E-state index contributed by atoms with van der Waals surface area (Å²) in [5.74, 6) is 0. The van der Waals surface area contributed by atoms with Gasteiger partial charge >= 0.3 is 0 Å². The minimum Gasteiger partial charge on any atom is -0.373 e. The summed E-state index contributed by atoms with van der Waals surface area (Å²) >= 11 is 1.33. The molecule has 2 fully saturated rings. The minimum atomic E-state index is -3.42. The van der Waals surface area contributed by atoms with E-state index < -0.39 is 10.0 Å². The van der Waals surface area contributed by atoms with E-state index in [1.165, 1.54) is 11.3 Å². The van der Waals surface area contributed by atoms with Gasteiger partial charge in [-0.05, 0) is 31.4 Å². The summed E-state index contributed by atoms with van der Waals surface area (Å²) in [7, 11) is -3.42. The fourth-order valence-electron chi connectivity index (χ4n) is 2.92. The molecule has 2 aliphatic rings. The summed E-state index contributed by atoms with van der Waals surface area (Å²) in [5.41, 5.74) is 0. The molecule has 0 aliphatic carbocycles. The van der Waals surface area contributed by atoms with Gasteiger partial charge in [0, 0.05) is 17.5 Å². The predicted molar refractivity (Wildman–Crippen MR) is 82.9 cm³/mol. The summed E-state index contributed by atoms with van der Waals surface area (Å²) in [6, 6.07) is 3.90. The minimum absolute atomic E-state index is 0.0619. The zero-order valence-corrected chi connectivity index (χ0v) is 14.0. The number of hydrogen-bond acceptors (Lipinski definition) is 5. The second-order valence-corrected chi connectivity index (χ2v) is 9.20. The number of fused-ring (bicyclic) bond motifs is 2. The Hall–Kier alpha value is -0.470. The van der Waals surface area contributed by atoms with Gasteiger partial charge in [0.25, 0.3) is 0 Å². The average molecular weight is 330 g/mol. The van der Waals surface area contributed by atoms with Crippen LogP contribution in [0, 0.1) is 0 Å². The Kier molecular flexibility index (Phi) is 4.38. The summed E-state index contributed by atoms with van der Waals surface area (Å²) in [4.78, 5) is 1.04. The molecular weight excluding hydrogens is 308 g/mol. The zero-order valence-electron chi connectivity index (χ0n) is 12.3. The van der Waals surface area contributed by atoms with E-state index in [2.05, 4.69) is 23.9 Å². The van der Waals surface area contributed by atoms with E-state index in [4.69, 9.17) is 4.74 Å². The molecule has 1 aromatic heterocycles. The van der Waals surface area contributed by atoms with Crippen LogP contribution in [0.25, 0.3) is 0 Å². The van der Waals surface area contributed by atoms with Gasteiger partial charge < -0.3 is 10.1 Å². The van der Waals surface area contributed by atoms with Crippen LogP contribution in [0.2, 0.25) is 0 Å². The molecule has 1 aromatic rings. The van der Waals surface area contributed by atoms with Crippen LogP contribution in [-0.4, -0.2) is 32.7 Å². The highest BCUT2D eigenvalue weighted by molar-refractivity contribution is 7.91. The van der Waals surface area contributed by atoms with E-state index in [0.29, 0.717) is 16.8 Å². The smallest absolute Gasteiger partial charge is 0.250 e. The topological polar surface area (TPSA) is 67.4 Å². The quantitative estimate of drug-likeness (QED) is 0.835. The standard InChI is InChI=1S/C14H22N2O3S2/c1-9(2)15-8-11-4-6-14(20-11)21(17,18)16-12-7-10-3-5-13(12)19-10/h4,6,9-10,12-13,15-16H,3,5,7-8H2,1-2H3. The average Bonchev–Trinajstić information content (AvgIpc) is 3.12. The van der Waals surface area contributed by atoms with Crippen molar-refractivity contribution in [2.45, 2.75) is 68.2 Å². The van der Waals surface area contributed by atoms with Crippen molar-refractivity contribution in [3.8, 4) is 0 Å². The lowest BCUT2D eigenvalue weighted by Gasteiger charge is -2.19. The summed E-state index contributed by atoms with van der Waals surface area (Å²) in [5, 5.41) is 3.30. The molecule has 2 bridgehead atoms. The van der Waals surface area contributed by atoms with Gasteiger partial charge in [-0.25, -0.2) is 13.1 Å². The molecule has 3 unspecified atom stereocenters. The molecule has 0 aromatic carbocycles. The Morgan fingerprint density at radius 3 is 2.81 bits per heavy atom. The summed E-state index contributed by atoms with van der Waals surface area (Å²) in [6.07, 6.45) is 3.14. The van der Waals surface area contributed by atoms with Gasteiger partial charge in [-0.3, -0.25) is 0 Å². The fraction of sp³-hybridized carbons (Fsp3) is 0.714. The highest BCUT2D eigenvalue weighted by atomic mass is 32.2. The first-order valence-electron chi connectivity index (χ1n) is 7.44. The fourth-order valence-corrected chi connectivity index (χ4v) is 5.52. The number of nitrogens with one attached hydrogen (secondary N) is 2. The van der Waals surface area contributed by atoms with Crippen LogP contribution in [0.4, 0.5) is 0 Å². The number of sulfonamides is 1. The van der Waals surface area contributed by atoms with Crippen LogP contribution in [0.5, 0.6) is 0 Å². The third kappa shape index (κ3) is 3.48. The van der Waals surface area contributed by atoms with E-state index in [1.807, 2.05) is 6.07 Å². The molecule has 2 N–H and O–H groups in total. The first kappa shape index (κ1) is 15.4. The maximum atomic E-state index is 12.4. The summed E-state index contributed by atoms with van der Waals surface area (Å²) in [6.45, 7) is 4.85. The van der Waals surface area contributed by atoms with Crippen molar-refractivity contribution in [3.05, 3.63) is 17.0 Å². The van der Waals surface area contributed by atoms with Crippen LogP contribution in [0.15, 0.2) is 16.3 Å². The molecule has 0 radical (unpaired) electrons. The van der Waals surface area contributed by atoms with Gasteiger partial charge in [0.15, 0.2) is 0 Å². The van der Waals surface area contributed by atoms with Crippen molar-refractivity contribution in [1.82, 2.24) is 10.0 Å². The third-order valence-corrected chi connectivity index (χ3v) is 7.07. The maximum Gasteiger partial charge on any atom is 0.250 e. The first-order chi connectivity index (χ1) is 9.94. The SMILES string of the molecule is CC(C)NCc1ccc(S(=O)(=O)NC2CC3CCC2O3)s1. The molecule has 5 nitrogen and oxygen atoms in total. The molecule has 3 atom stereocenters. The Labute approximate surface area is 130 Å². The molecule has 21 heavy (non-hydrogen) atoms. The molecule has 2 saturated heterocycles. The van der Waals surface area contributed by atoms with Crippen LogP contribution in [0.1, 0.15) is 38.0 Å². The second kappa shape index (κ2) is 5.96. The van der Waals surface area contributed by atoms with Gasteiger partial charge in [0.2, 0.25) is 10.0 Å².